The number of halogens is 3. The lowest BCUT2D eigenvalue weighted by Gasteiger charge is -2.31. The standard InChI is InChI=1S/C24H28ClF2N7O3/c1-37-21-18(25)13-29-23(32-21)31-17-7-11-34(14-17)22(36)19-6-5-16(12-28-19)30-20(35)4-2-9-33-10-3-8-24(26,27)15-33/h2,4-6,12-13,17H,3,7-11,14-15H2,1H3,(H,30,35)(H,29,31,32)/b4-2+. The van der Waals surface area contributed by atoms with E-state index in [1.165, 1.54) is 25.6 Å². The van der Waals surface area contributed by atoms with E-state index in [1.807, 2.05) is 0 Å². The first-order valence-corrected chi connectivity index (χ1v) is 12.3. The summed E-state index contributed by atoms with van der Waals surface area (Å²) in [5, 5.41) is 6.15. The van der Waals surface area contributed by atoms with Crippen LogP contribution in [0.3, 0.4) is 0 Å². The number of alkyl halides is 2. The molecule has 2 aliphatic heterocycles. The number of hydrogen-bond donors (Lipinski definition) is 2. The summed E-state index contributed by atoms with van der Waals surface area (Å²) in [7, 11) is 1.47. The number of carbonyl (C=O) groups is 2. The maximum atomic E-state index is 13.5. The van der Waals surface area contributed by atoms with Crippen LogP contribution in [0.15, 0.2) is 36.7 Å². The van der Waals surface area contributed by atoms with Gasteiger partial charge in [-0.05, 0) is 31.5 Å². The van der Waals surface area contributed by atoms with Gasteiger partial charge in [-0.1, -0.05) is 17.7 Å². The number of nitrogens with zero attached hydrogens (tertiary/aromatic N) is 5. The lowest BCUT2D eigenvalue weighted by atomic mass is 10.1. The fourth-order valence-electron chi connectivity index (χ4n) is 4.26. The van der Waals surface area contributed by atoms with Crippen molar-refractivity contribution in [2.45, 2.75) is 31.2 Å². The van der Waals surface area contributed by atoms with Gasteiger partial charge in [0.05, 0.1) is 31.7 Å². The van der Waals surface area contributed by atoms with Gasteiger partial charge in [0.25, 0.3) is 11.8 Å². The highest BCUT2D eigenvalue weighted by Crippen LogP contribution is 2.26. The molecule has 37 heavy (non-hydrogen) atoms. The molecule has 4 rings (SSSR count). The first kappa shape index (κ1) is 26.7. The van der Waals surface area contributed by atoms with E-state index in [-0.39, 0.29) is 43.0 Å². The van der Waals surface area contributed by atoms with Gasteiger partial charge in [0.1, 0.15) is 10.7 Å². The number of anilines is 2. The Labute approximate surface area is 218 Å². The van der Waals surface area contributed by atoms with Crippen LogP contribution in [0.2, 0.25) is 5.02 Å². The zero-order valence-electron chi connectivity index (χ0n) is 20.3. The molecule has 1 unspecified atom stereocenters. The monoisotopic (exact) mass is 535 g/mol. The molecule has 10 nitrogen and oxygen atoms in total. The molecular weight excluding hydrogens is 508 g/mol. The summed E-state index contributed by atoms with van der Waals surface area (Å²) < 4.78 is 32.0. The molecule has 13 heteroatoms. The van der Waals surface area contributed by atoms with Crippen LogP contribution in [0.4, 0.5) is 20.4 Å². The largest absolute Gasteiger partial charge is 0.480 e. The van der Waals surface area contributed by atoms with Crippen LogP contribution in [0, 0.1) is 0 Å². The normalized spacial score (nSPS) is 19.7. The van der Waals surface area contributed by atoms with E-state index >= 15 is 0 Å². The van der Waals surface area contributed by atoms with E-state index in [2.05, 4.69) is 25.6 Å². The predicted molar refractivity (Wildman–Crippen MR) is 134 cm³/mol. The Morgan fingerprint density at radius 3 is 2.84 bits per heavy atom. The van der Waals surface area contributed by atoms with Gasteiger partial charge in [-0.2, -0.15) is 4.98 Å². The summed E-state index contributed by atoms with van der Waals surface area (Å²) in [4.78, 5) is 40.9. The second kappa shape index (κ2) is 11.8. The molecule has 0 spiro atoms. The molecular formula is C24H28ClF2N7O3. The molecule has 4 heterocycles. The molecule has 0 saturated carbocycles. The van der Waals surface area contributed by atoms with Gasteiger partial charge in [0.2, 0.25) is 17.7 Å². The second-order valence-electron chi connectivity index (χ2n) is 8.95. The Hall–Kier alpha value is -3.38. The molecule has 0 bridgehead atoms. The summed E-state index contributed by atoms with van der Waals surface area (Å²) in [6.45, 7) is 1.54. The second-order valence-corrected chi connectivity index (χ2v) is 9.36. The topological polar surface area (TPSA) is 113 Å². The Morgan fingerprint density at radius 2 is 2.11 bits per heavy atom. The number of ether oxygens (including phenoxy) is 1. The highest BCUT2D eigenvalue weighted by atomic mass is 35.5. The number of carbonyl (C=O) groups excluding carboxylic acids is 2. The van der Waals surface area contributed by atoms with Crippen LogP contribution in [-0.2, 0) is 4.79 Å². The maximum Gasteiger partial charge on any atom is 0.272 e. The van der Waals surface area contributed by atoms with Gasteiger partial charge in [-0.25, -0.2) is 18.7 Å². The minimum absolute atomic E-state index is 0.0451. The third-order valence-electron chi connectivity index (χ3n) is 6.07. The number of piperidine rings is 1. The zero-order chi connectivity index (χ0) is 26.4. The van der Waals surface area contributed by atoms with Crippen molar-refractivity contribution in [3.05, 3.63) is 47.4 Å². The van der Waals surface area contributed by atoms with Crippen molar-refractivity contribution in [1.29, 1.82) is 0 Å². The summed E-state index contributed by atoms with van der Waals surface area (Å²) in [6, 6.07) is 3.10. The van der Waals surface area contributed by atoms with Crippen LogP contribution in [-0.4, -0.2) is 88.4 Å². The molecule has 2 aliphatic rings. The van der Waals surface area contributed by atoms with Crippen molar-refractivity contribution in [3.63, 3.8) is 0 Å². The molecule has 2 N–H and O–H groups in total. The quantitative estimate of drug-likeness (QED) is 0.496. The third-order valence-corrected chi connectivity index (χ3v) is 6.33. The molecule has 2 aromatic heterocycles. The van der Waals surface area contributed by atoms with E-state index in [9.17, 15) is 18.4 Å². The Morgan fingerprint density at radius 1 is 1.27 bits per heavy atom. The minimum atomic E-state index is -2.68. The van der Waals surface area contributed by atoms with Gasteiger partial charge in [0, 0.05) is 38.2 Å². The Bertz CT molecular complexity index is 1150. The number of pyridine rings is 1. The number of nitrogens with one attached hydrogen (secondary N) is 2. The van der Waals surface area contributed by atoms with E-state index in [0.717, 1.165) is 0 Å². The van der Waals surface area contributed by atoms with Crippen molar-refractivity contribution in [3.8, 4) is 5.88 Å². The minimum Gasteiger partial charge on any atom is -0.480 e. The average Bonchev–Trinajstić information content (AvgIpc) is 3.33. The predicted octanol–water partition coefficient (Wildman–Crippen LogP) is 3.09. The molecule has 0 aromatic carbocycles. The molecule has 198 valence electrons. The third kappa shape index (κ3) is 7.32. The van der Waals surface area contributed by atoms with E-state index in [4.69, 9.17) is 16.3 Å². The van der Waals surface area contributed by atoms with Gasteiger partial charge in [-0.3, -0.25) is 14.5 Å². The average molecular weight is 536 g/mol. The van der Waals surface area contributed by atoms with Gasteiger partial charge >= 0.3 is 0 Å². The first-order valence-electron chi connectivity index (χ1n) is 11.9. The van der Waals surface area contributed by atoms with Crippen molar-refractivity contribution in [1.82, 2.24) is 24.8 Å². The van der Waals surface area contributed by atoms with Crippen LogP contribution in [0.5, 0.6) is 5.88 Å². The molecule has 2 fully saturated rings. The smallest absolute Gasteiger partial charge is 0.272 e. The van der Waals surface area contributed by atoms with Crippen LogP contribution in [0.1, 0.15) is 29.8 Å². The summed E-state index contributed by atoms with van der Waals surface area (Å²) in [5.41, 5.74) is 0.676. The number of likely N-dealkylation sites (tertiary alicyclic amines) is 2. The fraction of sp³-hybridized carbons (Fsp3) is 0.458. The zero-order valence-corrected chi connectivity index (χ0v) is 21.0. The van der Waals surface area contributed by atoms with Crippen LogP contribution < -0.4 is 15.4 Å². The summed E-state index contributed by atoms with van der Waals surface area (Å²) in [5.74, 6) is -2.68. The highest BCUT2D eigenvalue weighted by molar-refractivity contribution is 6.31. The SMILES string of the molecule is COc1nc(NC2CCN(C(=O)c3ccc(NC(=O)/C=C/CN4CCCC(F)(F)C4)cn3)C2)ncc1Cl. The number of hydrogen-bond acceptors (Lipinski definition) is 8. The number of methoxy groups -OCH3 is 1. The molecule has 2 aromatic rings. The molecule has 0 radical (unpaired) electrons. The molecule has 0 aliphatic carbocycles. The van der Waals surface area contributed by atoms with Crippen molar-refractivity contribution in [2.75, 3.05) is 50.5 Å². The molecule has 1 atom stereocenters. The van der Waals surface area contributed by atoms with E-state index in [0.29, 0.717) is 49.1 Å². The number of aromatic nitrogens is 3. The lowest BCUT2D eigenvalue weighted by molar-refractivity contribution is -0.111. The summed E-state index contributed by atoms with van der Waals surface area (Å²) >= 11 is 5.96. The van der Waals surface area contributed by atoms with Crippen molar-refractivity contribution >= 4 is 35.1 Å². The Balaban J connectivity index is 1.24. The van der Waals surface area contributed by atoms with E-state index in [1.54, 1.807) is 28.0 Å². The van der Waals surface area contributed by atoms with Crippen LogP contribution in [0.25, 0.3) is 0 Å². The van der Waals surface area contributed by atoms with Gasteiger partial charge in [0.15, 0.2) is 0 Å². The number of amides is 2. The highest BCUT2D eigenvalue weighted by Gasteiger charge is 2.34. The fourth-order valence-corrected chi connectivity index (χ4v) is 4.43. The van der Waals surface area contributed by atoms with E-state index < -0.39 is 11.8 Å². The molecule has 2 saturated heterocycles. The maximum absolute atomic E-state index is 13.5. The van der Waals surface area contributed by atoms with Gasteiger partial charge < -0.3 is 20.3 Å². The van der Waals surface area contributed by atoms with Crippen LogP contribution >= 0.6 is 11.6 Å². The van der Waals surface area contributed by atoms with Gasteiger partial charge in [-0.15, -0.1) is 0 Å². The first-order chi connectivity index (χ1) is 17.7. The molecule has 2 amide bonds. The number of rotatable bonds is 8. The lowest BCUT2D eigenvalue weighted by Crippen LogP contribution is -2.42. The van der Waals surface area contributed by atoms with Crippen molar-refractivity contribution in [2.24, 2.45) is 0 Å². The summed E-state index contributed by atoms with van der Waals surface area (Å²) in [6.07, 6.45) is 6.77. The van der Waals surface area contributed by atoms with Crippen molar-refractivity contribution < 1.29 is 23.1 Å². The Kier molecular flexibility index (Phi) is 8.49.